The predicted molar refractivity (Wildman–Crippen MR) is 62.1 cm³/mol. The van der Waals surface area contributed by atoms with Crippen LogP contribution in [0.3, 0.4) is 0 Å². The van der Waals surface area contributed by atoms with Crippen LogP contribution in [0.4, 0.5) is 5.69 Å². The second kappa shape index (κ2) is 3.82. The number of hydrogen-bond donors (Lipinski definition) is 2. The number of nitrogen functional groups attached to an aromatic ring is 1. The molecule has 2 nitrogen and oxygen atoms in total. The molecule has 0 unspecified atom stereocenters. The van der Waals surface area contributed by atoms with Crippen LogP contribution in [-0.4, -0.2) is 0 Å². The zero-order valence-corrected chi connectivity index (χ0v) is 8.55. The van der Waals surface area contributed by atoms with Crippen molar-refractivity contribution in [2.45, 2.75) is 6.54 Å². The molecule has 0 aliphatic rings. The minimum atomic E-state index is 0.554. The van der Waals surface area contributed by atoms with Crippen molar-refractivity contribution in [3.05, 3.63) is 41.3 Å². The van der Waals surface area contributed by atoms with E-state index in [1.54, 1.807) is 11.3 Å². The van der Waals surface area contributed by atoms with Crippen LogP contribution in [0.25, 0.3) is 10.4 Å². The Morgan fingerprint density at radius 3 is 2.71 bits per heavy atom. The van der Waals surface area contributed by atoms with Gasteiger partial charge in [-0.15, -0.1) is 11.3 Å². The van der Waals surface area contributed by atoms with Crippen LogP contribution in [0, 0.1) is 0 Å². The van der Waals surface area contributed by atoms with Crippen molar-refractivity contribution < 1.29 is 0 Å². The van der Waals surface area contributed by atoms with Gasteiger partial charge in [0, 0.05) is 22.7 Å². The Morgan fingerprint density at radius 2 is 2.07 bits per heavy atom. The Hall–Kier alpha value is -1.32. The van der Waals surface area contributed by atoms with Gasteiger partial charge in [0.2, 0.25) is 0 Å². The van der Waals surface area contributed by atoms with E-state index in [9.17, 15) is 0 Å². The highest BCUT2D eigenvalue weighted by atomic mass is 32.1. The number of hydrogen-bond acceptors (Lipinski definition) is 3. The topological polar surface area (TPSA) is 52.0 Å². The van der Waals surface area contributed by atoms with E-state index >= 15 is 0 Å². The van der Waals surface area contributed by atoms with Crippen molar-refractivity contribution in [2.24, 2.45) is 5.73 Å². The van der Waals surface area contributed by atoms with Crippen LogP contribution in [-0.2, 0) is 6.54 Å². The van der Waals surface area contributed by atoms with Gasteiger partial charge in [-0.3, -0.25) is 0 Å². The Balaban J connectivity index is 2.51. The highest BCUT2D eigenvalue weighted by Gasteiger charge is 2.03. The molecular formula is C11H12N2S. The Kier molecular flexibility index (Phi) is 2.52. The molecule has 3 heteroatoms. The molecule has 0 aliphatic heterocycles. The van der Waals surface area contributed by atoms with Gasteiger partial charge in [-0.2, -0.15) is 0 Å². The molecule has 0 fully saturated rings. The van der Waals surface area contributed by atoms with Crippen molar-refractivity contribution in [1.29, 1.82) is 0 Å². The number of benzene rings is 1. The first kappa shape index (κ1) is 9.24. The van der Waals surface area contributed by atoms with Crippen LogP contribution in [0.2, 0.25) is 0 Å². The second-order valence-corrected chi connectivity index (χ2v) is 4.05. The molecule has 2 rings (SSSR count). The number of anilines is 1. The van der Waals surface area contributed by atoms with E-state index in [1.807, 2.05) is 23.6 Å². The normalized spacial score (nSPS) is 10.4. The summed E-state index contributed by atoms with van der Waals surface area (Å²) in [6, 6.07) is 10.0. The van der Waals surface area contributed by atoms with Gasteiger partial charge >= 0.3 is 0 Å². The highest BCUT2D eigenvalue weighted by Crippen LogP contribution is 2.30. The maximum atomic E-state index is 5.90. The summed E-state index contributed by atoms with van der Waals surface area (Å²) < 4.78 is 0. The smallest absolute Gasteiger partial charge is 0.0402 e. The average Bonchev–Trinajstić information content (AvgIpc) is 2.71. The van der Waals surface area contributed by atoms with E-state index in [1.165, 1.54) is 4.88 Å². The van der Waals surface area contributed by atoms with Gasteiger partial charge in [-0.1, -0.05) is 12.1 Å². The largest absolute Gasteiger partial charge is 0.398 e. The molecule has 0 spiro atoms. The summed E-state index contributed by atoms with van der Waals surface area (Å²) in [6.45, 7) is 0.554. The summed E-state index contributed by atoms with van der Waals surface area (Å²) in [6.07, 6.45) is 0. The van der Waals surface area contributed by atoms with Crippen molar-refractivity contribution in [2.75, 3.05) is 5.73 Å². The number of thiophene rings is 1. The molecule has 1 heterocycles. The molecule has 0 amide bonds. The standard InChI is InChI=1S/C11H12N2S/c12-7-8-3-4-10(13)9(6-8)11-2-1-5-14-11/h1-6H,7,12-13H2. The van der Waals surface area contributed by atoms with E-state index in [-0.39, 0.29) is 0 Å². The first-order chi connectivity index (χ1) is 6.81. The van der Waals surface area contributed by atoms with Crippen LogP contribution in [0.5, 0.6) is 0 Å². The molecule has 0 saturated heterocycles. The lowest BCUT2D eigenvalue weighted by Crippen LogP contribution is -1.97. The van der Waals surface area contributed by atoms with Crippen molar-refractivity contribution >= 4 is 17.0 Å². The minimum absolute atomic E-state index is 0.554. The molecule has 0 atom stereocenters. The van der Waals surface area contributed by atoms with Crippen LogP contribution in [0.15, 0.2) is 35.7 Å². The molecule has 14 heavy (non-hydrogen) atoms. The molecule has 2 aromatic rings. The van der Waals surface area contributed by atoms with E-state index in [2.05, 4.69) is 12.1 Å². The summed E-state index contributed by atoms with van der Waals surface area (Å²) >= 11 is 1.69. The summed E-state index contributed by atoms with van der Waals surface area (Å²) in [5.41, 5.74) is 14.5. The third-order valence-corrected chi connectivity index (χ3v) is 3.04. The summed E-state index contributed by atoms with van der Waals surface area (Å²) in [4.78, 5) is 1.19. The molecule has 0 aliphatic carbocycles. The Bertz CT molecular complexity index is 421. The van der Waals surface area contributed by atoms with Crippen molar-refractivity contribution in [3.63, 3.8) is 0 Å². The van der Waals surface area contributed by atoms with Crippen molar-refractivity contribution in [1.82, 2.24) is 0 Å². The van der Waals surface area contributed by atoms with Crippen molar-refractivity contribution in [3.8, 4) is 10.4 Å². The fraction of sp³-hybridized carbons (Fsp3) is 0.0909. The number of nitrogens with two attached hydrogens (primary N) is 2. The maximum Gasteiger partial charge on any atom is 0.0402 e. The fourth-order valence-corrected chi connectivity index (χ4v) is 2.14. The Morgan fingerprint density at radius 1 is 1.21 bits per heavy atom. The predicted octanol–water partition coefficient (Wildman–Crippen LogP) is 2.46. The molecular weight excluding hydrogens is 192 g/mol. The molecule has 1 aromatic carbocycles. The van der Waals surface area contributed by atoms with E-state index in [4.69, 9.17) is 11.5 Å². The summed E-state index contributed by atoms with van der Waals surface area (Å²) in [5, 5.41) is 2.05. The molecule has 4 N–H and O–H groups in total. The second-order valence-electron chi connectivity index (χ2n) is 3.10. The van der Waals surface area contributed by atoms with Gasteiger partial charge in [-0.25, -0.2) is 0 Å². The SMILES string of the molecule is NCc1ccc(N)c(-c2cccs2)c1. The van der Waals surface area contributed by atoms with Gasteiger partial charge in [-0.05, 0) is 29.1 Å². The molecule has 0 saturated carbocycles. The van der Waals surface area contributed by atoms with Crippen LogP contribution < -0.4 is 11.5 Å². The number of rotatable bonds is 2. The highest BCUT2D eigenvalue weighted by molar-refractivity contribution is 7.13. The maximum absolute atomic E-state index is 5.90. The fourth-order valence-electron chi connectivity index (χ4n) is 1.38. The lowest BCUT2D eigenvalue weighted by molar-refractivity contribution is 1.07. The lowest BCUT2D eigenvalue weighted by Gasteiger charge is -2.05. The van der Waals surface area contributed by atoms with Gasteiger partial charge in [0.25, 0.3) is 0 Å². The van der Waals surface area contributed by atoms with Gasteiger partial charge < -0.3 is 11.5 Å². The third kappa shape index (κ3) is 1.64. The molecule has 1 aromatic heterocycles. The van der Waals surface area contributed by atoms with Crippen LogP contribution >= 0.6 is 11.3 Å². The quantitative estimate of drug-likeness (QED) is 0.738. The van der Waals surface area contributed by atoms with E-state index in [0.717, 1.165) is 16.8 Å². The van der Waals surface area contributed by atoms with E-state index in [0.29, 0.717) is 6.54 Å². The third-order valence-electron chi connectivity index (χ3n) is 2.14. The minimum Gasteiger partial charge on any atom is -0.398 e. The van der Waals surface area contributed by atoms with Gasteiger partial charge in [0.05, 0.1) is 0 Å². The zero-order chi connectivity index (χ0) is 9.97. The Labute approximate surface area is 87.2 Å². The zero-order valence-electron chi connectivity index (χ0n) is 7.73. The first-order valence-electron chi connectivity index (χ1n) is 4.43. The van der Waals surface area contributed by atoms with E-state index < -0.39 is 0 Å². The monoisotopic (exact) mass is 204 g/mol. The van der Waals surface area contributed by atoms with Gasteiger partial charge in [0.1, 0.15) is 0 Å². The first-order valence-corrected chi connectivity index (χ1v) is 5.31. The molecule has 0 radical (unpaired) electrons. The summed E-state index contributed by atoms with van der Waals surface area (Å²) in [5.74, 6) is 0. The molecule has 0 bridgehead atoms. The molecule has 72 valence electrons. The van der Waals surface area contributed by atoms with Gasteiger partial charge in [0.15, 0.2) is 0 Å². The van der Waals surface area contributed by atoms with Crippen LogP contribution in [0.1, 0.15) is 5.56 Å². The lowest BCUT2D eigenvalue weighted by atomic mass is 10.1. The average molecular weight is 204 g/mol. The summed E-state index contributed by atoms with van der Waals surface area (Å²) in [7, 11) is 0.